The summed E-state index contributed by atoms with van der Waals surface area (Å²) in [5.74, 6) is -0.232. The summed E-state index contributed by atoms with van der Waals surface area (Å²) < 4.78 is 6.39. The second-order valence-electron chi connectivity index (χ2n) is 6.21. The predicted octanol–water partition coefficient (Wildman–Crippen LogP) is 3.77. The van der Waals surface area contributed by atoms with Gasteiger partial charge in [-0.25, -0.2) is 5.01 Å². The molecular formula is C21H22BrN3O3. The van der Waals surface area contributed by atoms with Crippen LogP contribution in [0.5, 0.6) is 5.75 Å². The highest BCUT2D eigenvalue weighted by Crippen LogP contribution is 2.29. The van der Waals surface area contributed by atoms with Crippen LogP contribution in [0.1, 0.15) is 19.4 Å². The number of halogens is 1. The van der Waals surface area contributed by atoms with E-state index in [1.807, 2.05) is 30.3 Å². The zero-order valence-electron chi connectivity index (χ0n) is 16.0. The molecule has 0 atom stereocenters. The third-order valence-electron chi connectivity index (χ3n) is 4.62. The van der Waals surface area contributed by atoms with Crippen molar-refractivity contribution < 1.29 is 14.3 Å². The van der Waals surface area contributed by atoms with E-state index in [-0.39, 0.29) is 5.57 Å². The molecule has 6 nitrogen and oxygen atoms in total. The maximum Gasteiger partial charge on any atom is 0.282 e. The van der Waals surface area contributed by atoms with Gasteiger partial charge >= 0.3 is 0 Å². The molecule has 1 aliphatic rings. The lowest BCUT2D eigenvalue weighted by Gasteiger charge is -2.22. The molecule has 0 aliphatic carbocycles. The van der Waals surface area contributed by atoms with Crippen molar-refractivity contribution in [3.63, 3.8) is 0 Å². The van der Waals surface area contributed by atoms with Crippen LogP contribution in [0, 0.1) is 0 Å². The molecular weight excluding hydrogens is 422 g/mol. The van der Waals surface area contributed by atoms with Gasteiger partial charge in [0.05, 0.1) is 12.8 Å². The van der Waals surface area contributed by atoms with Crippen LogP contribution in [0.2, 0.25) is 0 Å². The molecule has 0 saturated carbocycles. The normalized spacial score (nSPS) is 15.1. The van der Waals surface area contributed by atoms with E-state index in [9.17, 15) is 9.59 Å². The number of anilines is 2. The molecule has 3 rings (SSSR count). The topological polar surface area (TPSA) is 61.9 Å². The zero-order valence-corrected chi connectivity index (χ0v) is 17.6. The van der Waals surface area contributed by atoms with Crippen molar-refractivity contribution >= 4 is 45.2 Å². The molecule has 2 amide bonds. The summed E-state index contributed by atoms with van der Waals surface area (Å²) in [5.41, 5.74) is 4.97. The maximum atomic E-state index is 12.8. The molecule has 146 valence electrons. The Kier molecular flexibility index (Phi) is 6.04. The minimum absolute atomic E-state index is 0.0665. The molecule has 1 saturated heterocycles. The quantitative estimate of drug-likeness (QED) is 0.545. The molecule has 2 aromatic carbocycles. The van der Waals surface area contributed by atoms with Crippen molar-refractivity contribution in [2.24, 2.45) is 0 Å². The van der Waals surface area contributed by atoms with Crippen molar-refractivity contribution in [1.82, 2.24) is 5.43 Å². The second kappa shape index (κ2) is 8.48. The Bertz CT molecular complexity index is 921. The van der Waals surface area contributed by atoms with Crippen LogP contribution in [0.25, 0.3) is 6.08 Å². The van der Waals surface area contributed by atoms with E-state index in [0.29, 0.717) is 17.0 Å². The smallest absolute Gasteiger partial charge is 0.282 e. The molecule has 28 heavy (non-hydrogen) atoms. The highest BCUT2D eigenvalue weighted by Gasteiger charge is 2.34. The number of hydrazine groups is 1. The van der Waals surface area contributed by atoms with Gasteiger partial charge in [-0.2, -0.15) is 0 Å². The molecule has 2 aromatic rings. The van der Waals surface area contributed by atoms with Crippen LogP contribution >= 0.6 is 15.9 Å². The third kappa shape index (κ3) is 3.89. The fourth-order valence-corrected chi connectivity index (χ4v) is 3.35. The van der Waals surface area contributed by atoms with Crippen molar-refractivity contribution in [2.45, 2.75) is 13.8 Å². The van der Waals surface area contributed by atoms with E-state index in [4.69, 9.17) is 4.74 Å². The van der Waals surface area contributed by atoms with Gasteiger partial charge in [0.15, 0.2) is 0 Å². The van der Waals surface area contributed by atoms with E-state index < -0.39 is 11.8 Å². The molecule has 0 aromatic heterocycles. The van der Waals surface area contributed by atoms with E-state index in [0.717, 1.165) is 23.2 Å². The Hall–Kier alpha value is -2.80. The Morgan fingerprint density at radius 2 is 1.79 bits per heavy atom. The Morgan fingerprint density at radius 1 is 1.11 bits per heavy atom. The highest BCUT2D eigenvalue weighted by molar-refractivity contribution is 9.10. The molecule has 0 spiro atoms. The maximum absolute atomic E-state index is 12.8. The monoisotopic (exact) mass is 443 g/mol. The fraction of sp³-hybridized carbons (Fsp3) is 0.238. The van der Waals surface area contributed by atoms with Crippen LogP contribution in [-0.4, -0.2) is 32.0 Å². The van der Waals surface area contributed by atoms with Crippen LogP contribution in [-0.2, 0) is 9.59 Å². The van der Waals surface area contributed by atoms with Crippen molar-refractivity contribution in [1.29, 1.82) is 0 Å². The molecule has 1 N–H and O–H groups in total. The van der Waals surface area contributed by atoms with Crippen molar-refractivity contribution in [3.8, 4) is 5.75 Å². The summed E-state index contributed by atoms with van der Waals surface area (Å²) in [6, 6.07) is 12.9. The molecule has 0 radical (unpaired) electrons. The number of methoxy groups -OCH3 is 1. The van der Waals surface area contributed by atoms with Crippen LogP contribution < -0.4 is 20.1 Å². The number of ether oxygens (including phenoxy) is 1. The lowest BCUT2D eigenvalue weighted by atomic mass is 10.1. The summed E-state index contributed by atoms with van der Waals surface area (Å²) in [7, 11) is 1.58. The number of amides is 2. The molecule has 0 bridgehead atoms. The Morgan fingerprint density at radius 3 is 2.39 bits per heavy atom. The van der Waals surface area contributed by atoms with Gasteiger partial charge in [0, 0.05) is 34.9 Å². The predicted molar refractivity (Wildman–Crippen MR) is 114 cm³/mol. The molecule has 1 aliphatic heterocycles. The standard InChI is InChI=1S/C21H22BrN3O3/c1-4-24(5-2)17-9-6-14(19(13-17)28-3)12-18-20(26)23-25(21(18)27)16-10-7-15(22)8-11-16/h6-13H,4-5H2,1-3H3,(H,23,26)/b18-12+. The van der Waals surface area contributed by atoms with Gasteiger partial charge in [-0.05, 0) is 56.3 Å². The highest BCUT2D eigenvalue weighted by atomic mass is 79.9. The largest absolute Gasteiger partial charge is 0.496 e. The Labute approximate surface area is 172 Å². The minimum Gasteiger partial charge on any atom is -0.496 e. The SMILES string of the molecule is CCN(CC)c1ccc(/C=C2\C(=O)NN(c3ccc(Br)cc3)C2=O)c(OC)c1. The van der Waals surface area contributed by atoms with Gasteiger partial charge in [0.2, 0.25) is 0 Å². The van der Waals surface area contributed by atoms with E-state index in [1.165, 1.54) is 5.01 Å². The molecule has 7 heteroatoms. The molecule has 1 fully saturated rings. The average molecular weight is 444 g/mol. The third-order valence-corrected chi connectivity index (χ3v) is 5.15. The number of nitrogens with one attached hydrogen (secondary N) is 1. The van der Waals surface area contributed by atoms with Crippen molar-refractivity contribution in [2.75, 3.05) is 30.1 Å². The number of carbonyl (C=O) groups excluding carboxylic acids is 2. The number of hydrogen-bond acceptors (Lipinski definition) is 4. The zero-order chi connectivity index (χ0) is 20.3. The van der Waals surface area contributed by atoms with Gasteiger partial charge in [-0.1, -0.05) is 15.9 Å². The average Bonchev–Trinajstić information content (AvgIpc) is 2.98. The first kappa shape index (κ1) is 19.9. The van der Waals surface area contributed by atoms with Gasteiger partial charge < -0.3 is 9.64 Å². The minimum atomic E-state index is -0.442. The molecule has 0 unspecified atom stereocenters. The van der Waals surface area contributed by atoms with Crippen molar-refractivity contribution in [3.05, 3.63) is 58.1 Å². The number of benzene rings is 2. The first-order valence-corrected chi connectivity index (χ1v) is 9.83. The summed E-state index contributed by atoms with van der Waals surface area (Å²) in [5, 5.41) is 1.25. The summed E-state index contributed by atoms with van der Waals surface area (Å²) in [4.78, 5) is 27.4. The number of rotatable bonds is 6. The van der Waals surface area contributed by atoms with Crippen LogP contribution in [0.15, 0.2) is 52.5 Å². The van der Waals surface area contributed by atoms with Gasteiger partial charge in [0.25, 0.3) is 11.8 Å². The first-order chi connectivity index (χ1) is 13.5. The first-order valence-electron chi connectivity index (χ1n) is 9.04. The van der Waals surface area contributed by atoms with E-state index in [2.05, 4.69) is 40.1 Å². The summed E-state index contributed by atoms with van der Waals surface area (Å²) in [6.45, 7) is 5.93. The van der Waals surface area contributed by atoms with Gasteiger partial charge in [0.1, 0.15) is 11.3 Å². The number of nitrogens with zero attached hydrogens (tertiary/aromatic N) is 2. The Balaban J connectivity index is 1.93. The van der Waals surface area contributed by atoms with E-state index >= 15 is 0 Å². The van der Waals surface area contributed by atoms with Crippen LogP contribution in [0.3, 0.4) is 0 Å². The summed E-state index contributed by atoms with van der Waals surface area (Å²) >= 11 is 3.36. The molecule has 1 heterocycles. The van der Waals surface area contributed by atoms with Gasteiger partial charge in [-0.3, -0.25) is 15.0 Å². The lowest BCUT2D eigenvalue weighted by molar-refractivity contribution is -0.117. The number of carbonyl (C=O) groups is 2. The van der Waals surface area contributed by atoms with Gasteiger partial charge in [-0.15, -0.1) is 0 Å². The van der Waals surface area contributed by atoms with E-state index in [1.54, 1.807) is 25.3 Å². The fourth-order valence-electron chi connectivity index (χ4n) is 3.09. The summed E-state index contributed by atoms with van der Waals surface area (Å²) in [6.07, 6.45) is 1.57. The lowest BCUT2D eigenvalue weighted by Crippen LogP contribution is -2.35. The van der Waals surface area contributed by atoms with Crippen LogP contribution in [0.4, 0.5) is 11.4 Å². The second-order valence-corrected chi connectivity index (χ2v) is 7.13. The number of hydrogen-bond donors (Lipinski definition) is 1.